The zero-order valence-electron chi connectivity index (χ0n) is 13.8. The summed E-state index contributed by atoms with van der Waals surface area (Å²) in [5.41, 5.74) is 9.08. The van der Waals surface area contributed by atoms with Crippen molar-refractivity contribution in [3.8, 4) is 0 Å². The van der Waals surface area contributed by atoms with Gasteiger partial charge in [0, 0.05) is 0 Å². The maximum Gasteiger partial charge on any atom is 0.408 e. The van der Waals surface area contributed by atoms with E-state index in [0.717, 1.165) is 0 Å². The van der Waals surface area contributed by atoms with Gasteiger partial charge in [-0.25, -0.2) is 4.79 Å². The minimum absolute atomic E-state index is 0.379. The highest BCUT2D eigenvalue weighted by Gasteiger charge is 2.26. The van der Waals surface area contributed by atoms with Gasteiger partial charge in [0.1, 0.15) is 11.6 Å². The molecule has 11 nitrogen and oxygen atoms in total. The molecule has 0 aromatic rings. The van der Waals surface area contributed by atoms with Gasteiger partial charge < -0.3 is 32.2 Å². The van der Waals surface area contributed by atoms with Crippen LogP contribution in [-0.4, -0.2) is 54.5 Å². The van der Waals surface area contributed by atoms with E-state index < -0.39 is 54.3 Å². The summed E-state index contributed by atoms with van der Waals surface area (Å²) in [6.07, 6.45) is -1.39. The molecule has 0 radical (unpaired) electrons. The van der Waals surface area contributed by atoms with Crippen LogP contribution in [0.2, 0.25) is 0 Å². The molecule has 0 fully saturated rings. The summed E-state index contributed by atoms with van der Waals surface area (Å²) in [5, 5.41) is 6.55. The van der Waals surface area contributed by atoms with E-state index >= 15 is 0 Å². The van der Waals surface area contributed by atoms with Gasteiger partial charge in [-0.1, -0.05) is 0 Å². The van der Waals surface area contributed by atoms with Crippen molar-refractivity contribution in [2.24, 2.45) is 11.5 Å². The Labute approximate surface area is 138 Å². The van der Waals surface area contributed by atoms with Crippen LogP contribution in [-0.2, 0) is 23.9 Å². The molecule has 0 rings (SSSR count). The number of amides is 5. The molecule has 24 heavy (non-hydrogen) atoms. The number of carbonyl (C=O) groups is 5. The maximum absolute atomic E-state index is 12.0. The molecular weight excluding hydrogens is 322 g/mol. The highest BCUT2D eigenvalue weighted by atomic mass is 16.6. The lowest BCUT2D eigenvalue weighted by Gasteiger charge is -2.22. The first kappa shape index (κ1) is 21.1. The second-order valence-corrected chi connectivity index (χ2v) is 5.83. The SMILES string of the molecule is CC(C)(C)OC(=O)N[C@@H](CC(N)=O)C(=O)NCC(=O)NCC(N)=O. The quantitative estimate of drug-likeness (QED) is 0.323. The summed E-state index contributed by atoms with van der Waals surface area (Å²) in [6, 6.07) is -1.30. The third-order valence-electron chi connectivity index (χ3n) is 2.30. The summed E-state index contributed by atoms with van der Waals surface area (Å²) in [5.74, 6) is -3.05. The molecule has 0 aromatic carbocycles. The largest absolute Gasteiger partial charge is 0.444 e. The fraction of sp³-hybridized carbons (Fsp3) is 0.615. The minimum atomic E-state index is -1.30. The van der Waals surface area contributed by atoms with Gasteiger partial charge in [-0.2, -0.15) is 0 Å². The van der Waals surface area contributed by atoms with Crippen molar-refractivity contribution in [3.05, 3.63) is 0 Å². The van der Waals surface area contributed by atoms with Gasteiger partial charge in [-0.15, -0.1) is 0 Å². The van der Waals surface area contributed by atoms with Crippen LogP contribution in [0.15, 0.2) is 0 Å². The van der Waals surface area contributed by atoms with Crippen LogP contribution >= 0.6 is 0 Å². The first-order valence-corrected chi connectivity index (χ1v) is 7.01. The molecule has 0 aliphatic carbocycles. The van der Waals surface area contributed by atoms with E-state index in [1.54, 1.807) is 20.8 Å². The average Bonchev–Trinajstić information content (AvgIpc) is 2.39. The summed E-state index contributed by atoms with van der Waals surface area (Å²) in [6.45, 7) is 4.02. The van der Waals surface area contributed by atoms with Gasteiger partial charge in [0.25, 0.3) is 0 Å². The van der Waals surface area contributed by atoms with E-state index in [9.17, 15) is 24.0 Å². The Morgan fingerprint density at radius 3 is 2.00 bits per heavy atom. The van der Waals surface area contributed by atoms with Crippen molar-refractivity contribution in [1.82, 2.24) is 16.0 Å². The average molecular weight is 345 g/mol. The lowest BCUT2D eigenvalue weighted by Crippen LogP contribution is -2.51. The van der Waals surface area contributed by atoms with Gasteiger partial charge in [0.2, 0.25) is 23.6 Å². The Morgan fingerprint density at radius 1 is 0.958 bits per heavy atom. The van der Waals surface area contributed by atoms with Crippen molar-refractivity contribution in [2.45, 2.75) is 38.8 Å². The highest BCUT2D eigenvalue weighted by Crippen LogP contribution is 2.07. The predicted molar refractivity (Wildman–Crippen MR) is 82.2 cm³/mol. The number of alkyl carbamates (subject to hydrolysis) is 1. The number of hydrogen-bond acceptors (Lipinski definition) is 6. The maximum atomic E-state index is 12.0. The molecule has 0 spiro atoms. The lowest BCUT2D eigenvalue weighted by atomic mass is 10.2. The Kier molecular flexibility index (Phi) is 8.22. The number of ether oxygens (including phenoxy) is 1. The number of primary amides is 2. The van der Waals surface area contributed by atoms with Crippen molar-refractivity contribution in [1.29, 1.82) is 0 Å². The minimum Gasteiger partial charge on any atom is -0.444 e. The molecule has 0 aromatic heterocycles. The van der Waals surface area contributed by atoms with E-state index in [-0.39, 0.29) is 6.54 Å². The second-order valence-electron chi connectivity index (χ2n) is 5.83. The van der Waals surface area contributed by atoms with Crippen LogP contribution in [0.25, 0.3) is 0 Å². The Hall–Kier alpha value is -2.85. The number of nitrogens with two attached hydrogens (primary N) is 2. The third kappa shape index (κ3) is 10.8. The van der Waals surface area contributed by atoms with Gasteiger partial charge >= 0.3 is 6.09 Å². The van der Waals surface area contributed by atoms with Crippen LogP contribution in [0, 0.1) is 0 Å². The summed E-state index contributed by atoms with van der Waals surface area (Å²) in [7, 11) is 0. The van der Waals surface area contributed by atoms with Crippen LogP contribution in [0.1, 0.15) is 27.2 Å². The van der Waals surface area contributed by atoms with Gasteiger partial charge in [0.15, 0.2) is 0 Å². The monoisotopic (exact) mass is 345 g/mol. The van der Waals surface area contributed by atoms with Crippen molar-refractivity contribution in [2.75, 3.05) is 13.1 Å². The fourth-order valence-corrected chi connectivity index (χ4v) is 1.40. The molecule has 0 unspecified atom stereocenters. The van der Waals surface area contributed by atoms with Crippen LogP contribution < -0.4 is 27.4 Å². The molecular formula is C13H23N5O6. The normalized spacial score (nSPS) is 11.8. The topological polar surface area (TPSA) is 183 Å². The van der Waals surface area contributed by atoms with E-state index in [1.165, 1.54) is 0 Å². The fourth-order valence-electron chi connectivity index (χ4n) is 1.40. The van der Waals surface area contributed by atoms with E-state index in [1.807, 2.05) is 0 Å². The molecule has 0 saturated heterocycles. The molecule has 0 aliphatic heterocycles. The zero-order valence-corrected chi connectivity index (χ0v) is 13.8. The summed E-state index contributed by atoms with van der Waals surface area (Å²) >= 11 is 0. The first-order chi connectivity index (χ1) is 10.9. The van der Waals surface area contributed by atoms with Crippen molar-refractivity contribution in [3.63, 3.8) is 0 Å². The lowest BCUT2D eigenvalue weighted by molar-refractivity contribution is -0.129. The standard InChI is InChI=1S/C13H23N5O6/c1-13(2,3)24-12(23)18-7(4-8(14)19)11(22)17-6-10(21)16-5-9(15)20/h7H,4-6H2,1-3H3,(H2,14,19)(H2,15,20)(H,16,21)(H,17,22)(H,18,23)/t7-/m0/s1. The zero-order chi connectivity index (χ0) is 18.9. The molecule has 0 saturated carbocycles. The molecule has 0 bridgehead atoms. The van der Waals surface area contributed by atoms with Crippen molar-refractivity contribution < 1.29 is 28.7 Å². The van der Waals surface area contributed by atoms with Gasteiger partial charge in [-0.05, 0) is 20.8 Å². The van der Waals surface area contributed by atoms with Crippen molar-refractivity contribution >= 4 is 29.7 Å². The van der Waals surface area contributed by atoms with Crippen LogP contribution in [0.4, 0.5) is 4.79 Å². The summed E-state index contributed by atoms with van der Waals surface area (Å²) < 4.78 is 4.98. The third-order valence-corrected chi connectivity index (χ3v) is 2.30. The Bertz CT molecular complexity index is 513. The molecule has 11 heteroatoms. The van der Waals surface area contributed by atoms with E-state index in [2.05, 4.69) is 16.0 Å². The van der Waals surface area contributed by atoms with Gasteiger partial charge in [0.05, 0.1) is 19.5 Å². The number of nitrogens with one attached hydrogen (secondary N) is 3. The molecule has 5 amide bonds. The van der Waals surface area contributed by atoms with E-state index in [0.29, 0.717) is 0 Å². The molecule has 1 atom stereocenters. The number of carbonyl (C=O) groups excluding carboxylic acids is 5. The molecule has 0 heterocycles. The Morgan fingerprint density at radius 2 is 1.54 bits per heavy atom. The number of rotatable bonds is 8. The molecule has 136 valence electrons. The van der Waals surface area contributed by atoms with Gasteiger partial charge in [-0.3, -0.25) is 19.2 Å². The molecule has 0 aliphatic rings. The second kappa shape index (κ2) is 9.33. The smallest absolute Gasteiger partial charge is 0.408 e. The molecule has 7 N–H and O–H groups in total. The van der Waals surface area contributed by atoms with E-state index in [4.69, 9.17) is 16.2 Å². The highest BCUT2D eigenvalue weighted by molar-refractivity contribution is 5.93. The van der Waals surface area contributed by atoms with Crippen LogP contribution in [0.5, 0.6) is 0 Å². The summed E-state index contributed by atoms with van der Waals surface area (Å²) in [4.78, 5) is 56.5. The number of hydrogen-bond donors (Lipinski definition) is 5. The predicted octanol–water partition coefficient (Wildman–Crippen LogP) is -2.53. The Balaban J connectivity index is 4.60. The first-order valence-electron chi connectivity index (χ1n) is 7.01. The van der Waals surface area contributed by atoms with Crippen LogP contribution in [0.3, 0.4) is 0 Å².